The second-order valence-electron chi connectivity index (χ2n) is 4.59. The number of carbonyl (C=O) groups excluding carboxylic acids is 1. The maximum absolute atomic E-state index is 12.3. The molecule has 0 radical (unpaired) electrons. The summed E-state index contributed by atoms with van der Waals surface area (Å²) in [6.07, 6.45) is 0. The van der Waals surface area contributed by atoms with Crippen LogP contribution in [0.4, 0.5) is 5.69 Å². The molecule has 1 fully saturated rings. The van der Waals surface area contributed by atoms with Crippen molar-refractivity contribution in [2.24, 2.45) is 0 Å². The summed E-state index contributed by atoms with van der Waals surface area (Å²) >= 11 is 3.32. The molecular formula is C13H18BrN3O2. The van der Waals surface area contributed by atoms with Crippen LogP contribution in [-0.2, 0) is 0 Å². The van der Waals surface area contributed by atoms with Crippen LogP contribution in [0.2, 0.25) is 0 Å². The van der Waals surface area contributed by atoms with E-state index in [9.17, 15) is 4.79 Å². The third kappa shape index (κ3) is 3.46. The largest absolute Gasteiger partial charge is 0.398 e. The zero-order valence-electron chi connectivity index (χ0n) is 10.7. The van der Waals surface area contributed by atoms with Gasteiger partial charge in [0.15, 0.2) is 0 Å². The van der Waals surface area contributed by atoms with Gasteiger partial charge in [0.1, 0.15) is 0 Å². The second kappa shape index (κ2) is 6.36. The van der Waals surface area contributed by atoms with Gasteiger partial charge in [-0.25, -0.2) is 0 Å². The fourth-order valence-corrected chi connectivity index (χ4v) is 2.42. The van der Waals surface area contributed by atoms with Crippen LogP contribution in [0.15, 0.2) is 22.7 Å². The molecule has 0 atom stereocenters. The second-order valence-corrected chi connectivity index (χ2v) is 5.45. The Labute approximate surface area is 121 Å². The Morgan fingerprint density at radius 1 is 1.32 bits per heavy atom. The molecule has 19 heavy (non-hydrogen) atoms. The molecule has 6 heteroatoms. The smallest absolute Gasteiger partial charge is 0.254 e. The van der Waals surface area contributed by atoms with Crippen LogP contribution in [0, 0.1) is 0 Å². The van der Waals surface area contributed by atoms with E-state index >= 15 is 0 Å². The molecular weight excluding hydrogens is 310 g/mol. The number of rotatable bonds is 3. The molecule has 1 aliphatic heterocycles. The highest BCUT2D eigenvalue weighted by Crippen LogP contribution is 2.21. The summed E-state index contributed by atoms with van der Waals surface area (Å²) in [5.41, 5.74) is 6.99. The van der Waals surface area contributed by atoms with E-state index in [0.29, 0.717) is 30.9 Å². The van der Waals surface area contributed by atoms with E-state index in [1.54, 1.807) is 18.2 Å². The highest BCUT2D eigenvalue weighted by atomic mass is 79.9. The molecule has 1 aromatic rings. The van der Waals surface area contributed by atoms with Gasteiger partial charge in [0.05, 0.1) is 6.61 Å². The number of carbonyl (C=O) groups is 1. The van der Waals surface area contributed by atoms with Crippen molar-refractivity contribution >= 4 is 27.5 Å². The molecule has 5 nitrogen and oxygen atoms in total. The summed E-state index contributed by atoms with van der Waals surface area (Å²) in [6.45, 7) is 3.82. The molecule has 0 unspecified atom stereocenters. The maximum atomic E-state index is 12.3. The Bertz CT molecular complexity index is 459. The van der Waals surface area contributed by atoms with Crippen LogP contribution in [0.5, 0.6) is 0 Å². The van der Waals surface area contributed by atoms with E-state index in [0.717, 1.165) is 17.6 Å². The lowest BCUT2D eigenvalue weighted by atomic mass is 10.1. The Balaban J connectivity index is 1.99. The number of anilines is 1. The van der Waals surface area contributed by atoms with E-state index in [1.165, 1.54) is 0 Å². The predicted octanol–water partition coefficient (Wildman–Crippen LogP) is 0.781. The van der Waals surface area contributed by atoms with Gasteiger partial charge in [-0.1, -0.05) is 0 Å². The van der Waals surface area contributed by atoms with Crippen molar-refractivity contribution in [1.29, 1.82) is 0 Å². The van der Waals surface area contributed by atoms with E-state index < -0.39 is 0 Å². The molecule has 1 saturated heterocycles. The number of hydrogen-bond donors (Lipinski definition) is 2. The number of benzene rings is 1. The molecule has 1 aliphatic rings. The maximum Gasteiger partial charge on any atom is 0.254 e. The van der Waals surface area contributed by atoms with Crippen LogP contribution in [-0.4, -0.2) is 60.1 Å². The van der Waals surface area contributed by atoms with E-state index in [-0.39, 0.29) is 12.5 Å². The lowest BCUT2D eigenvalue weighted by molar-refractivity contribution is 0.0615. The number of amides is 1. The minimum Gasteiger partial charge on any atom is -0.398 e. The molecule has 3 N–H and O–H groups in total. The number of nitrogen functional groups attached to an aromatic ring is 1. The fourth-order valence-electron chi connectivity index (χ4n) is 2.18. The van der Waals surface area contributed by atoms with Gasteiger partial charge in [0, 0.05) is 48.4 Å². The first-order valence-electron chi connectivity index (χ1n) is 6.29. The van der Waals surface area contributed by atoms with Crippen LogP contribution in [0.25, 0.3) is 0 Å². The van der Waals surface area contributed by atoms with Gasteiger partial charge in [0.2, 0.25) is 0 Å². The van der Waals surface area contributed by atoms with Crippen molar-refractivity contribution in [3.8, 4) is 0 Å². The minimum atomic E-state index is 0.0165. The van der Waals surface area contributed by atoms with E-state index in [4.69, 9.17) is 10.8 Å². The molecule has 0 aromatic heterocycles. The molecule has 104 valence electrons. The van der Waals surface area contributed by atoms with Gasteiger partial charge < -0.3 is 15.7 Å². The van der Waals surface area contributed by atoms with Crippen molar-refractivity contribution in [3.05, 3.63) is 28.2 Å². The van der Waals surface area contributed by atoms with Crippen molar-refractivity contribution in [3.63, 3.8) is 0 Å². The Kier molecular flexibility index (Phi) is 4.79. The quantitative estimate of drug-likeness (QED) is 0.805. The van der Waals surface area contributed by atoms with Crippen LogP contribution >= 0.6 is 15.9 Å². The zero-order chi connectivity index (χ0) is 13.8. The number of nitrogens with zero attached hydrogens (tertiary/aromatic N) is 2. The number of halogens is 1. The number of nitrogens with two attached hydrogens (primary N) is 1. The molecule has 2 rings (SSSR count). The van der Waals surface area contributed by atoms with E-state index in [2.05, 4.69) is 20.8 Å². The van der Waals surface area contributed by atoms with Gasteiger partial charge in [-0.2, -0.15) is 0 Å². The monoisotopic (exact) mass is 327 g/mol. The van der Waals surface area contributed by atoms with Crippen molar-refractivity contribution < 1.29 is 9.90 Å². The molecule has 0 aliphatic carbocycles. The Hall–Kier alpha value is -1.11. The summed E-state index contributed by atoms with van der Waals surface area (Å²) in [7, 11) is 0. The van der Waals surface area contributed by atoms with Gasteiger partial charge in [-0.05, 0) is 34.1 Å². The first kappa shape index (κ1) is 14.3. The molecule has 0 bridgehead atoms. The van der Waals surface area contributed by atoms with Crippen molar-refractivity contribution in [2.75, 3.05) is 45.1 Å². The number of piperazine rings is 1. The third-order valence-corrected chi connectivity index (χ3v) is 4.04. The third-order valence-electron chi connectivity index (χ3n) is 3.32. The van der Waals surface area contributed by atoms with Gasteiger partial charge in [-0.15, -0.1) is 0 Å². The van der Waals surface area contributed by atoms with Crippen molar-refractivity contribution in [2.45, 2.75) is 0 Å². The summed E-state index contributed by atoms with van der Waals surface area (Å²) in [5, 5.41) is 8.89. The first-order chi connectivity index (χ1) is 9.11. The SMILES string of the molecule is Nc1cc(C(=O)N2CCN(CCO)CC2)ccc1Br. The van der Waals surface area contributed by atoms with Crippen LogP contribution in [0.1, 0.15) is 10.4 Å². The summed E-state index contributed by atoms with van der Waals surface area (Å²) in [5.74, 6) is 0.0165. The zero-order valence-corrected chi connectivity index (χ0v) is 12.3. The van der Waals surface area contributed by atoms with Crippen LogP contribution < -0.4 is 5.73 Å². The summed E-state index contributed by atoms with van der Waals surface area (Å²) < 4.78 is 0.803. The fraction of sp³-hybridized carbons (Fsp3) is 0.462. The first-order valence-corrected chi connectivity index (χ1v) is 7.08. The highest BCUT2D eigenvalue weighted by Gasteiger charge is 2.21. The highest BCUT2D eigenvalue weighted by molar-refractivity contribution is 9.10. The molecule has 0 saturated carbocycles. The normalized spacial score (nSPS) is 16.6. The number of hydrogen-bond acceptors (Lipinski definition) is 4. The lowest BCUT2D eigenvalue weighted by Crippen LogP contribution is -2.49. The molecule has 1 heterocycles. The number of β-amino-alcohol motifs (C(OH)–C–C–N with tert-alkyl or cyclic N) is 1. The van der Waals surface area contributed by atoms with Gasteiger partial charge in [-0.3, -0.25) is 9.69 Å². The van der Waals surface area contributed by atoms with Gasteiger partial charge >= 0.3 is 0 Å². The van der Waals surface area contributed by atoms with Crippen molar-refractivity contribution in [1.82, 2.24) is 9.80 Å². The topological polar surface area (TPSA) is 69.8 Å². The minimum absolute atomic E-state index is 0.0165. The molecule has 0 spiro atoms. The standard InChI is InChI=1S/C13H18BrN3O2/c14-11-2-1-10(9-12(11)15)13(19)17-5-3-16(4-6-17)7-8-18/h1-2,9,18H,3-8,15H2. The average Bonchev–Trinajstić information content (AvgIpc) is 2.42. The average molecular weight is 328 g/mol. The Morgan fingerprint density at radius 2 is 2.00 bits per heavy atom. The molecule has 1 amide bonds. The van der Waals surface area contributed by atoms with Crippen LogP contribution in [0.3, 0.4) is 0 Å². The van der Waals surface area contributed by atoms with Gasteiger partial charge in [0.25, 0.3) is 5.91 Å². The number of aliphatic hydroxyl groups is 1. The Morgan fingerprint density at radius 3 is 2.58 bits per heavy atom. The lowest BCUT2D eigenvalue weighted by Gasteiger charge is -2.34. The summed E-state index contributed by atoms with van der Waals surface area (Å²) in [6, 6.07) is 5.28. The summed E-state index contributed by atoms with van der Waals surface area (Å²) in [4.78, 5) is 16.3. The van der Waals surface area contributed by atoms with E-state index in [1.807, 2.05) is 4.90 Å². The number of aliphatic hydroxyl groups excluding tert-OH is 1. The molecule has 1 aromatic carbocycles. The predicted molar refractivity (Wildman–Crippen MR) is 78.0 cm³/mol.